The molecule has 16 heavy (non-hydrogen) atoms. The van der Waals surface area contributed by atoms with Gasteiger partial charge >= 0.3 is 0 Å². The van der Waals surface area contributed by atoms with Gasteiger partial charge in [-0.25, -0.2) is 4.98 Å². The minimum Gasteiger partial charge on any atom is -0.434 e. The molecule has 0 amide bonds. The van der Waals surface area contributed by atoms with Gasteiger partial charge in [-0.2, -0.15) is 0 Å². The maximum absolute atomic E-state index is 10.4. The van der Waals surface area contributed by atoms with E-state index in [0.29, 0.717) is 18.7 Å². The van der Waals surface area contributed by atoms with E-state index in [1.165, 1.54) is 6.20 Å². The summed E-state index contributed by atoms with van der Waals surface area (Å²) in [6, 6.07) is 7.71. The van der Waals surface area contributed by atoms with Crippen molar-refractivity contribution in [3.05, 3.63) is 41.9 Å². The van der Waals surface area contributed by atoms with E-state index in [4.69, 9.17) is 9.15 Å². The molecule has 0 aliphatic rings. The number of rotatable bonds is 4. The highest BCUT2D eigenvalue weighted by Crippen LogP contribution is 2.20. The second-order valence-corrected chi connectivity index (χ2v) is 3.31. The molecule has 0 fully saturated rings. The Morgan fingerprint density at radius 2 is 2.12 bits per heavy atom. The van der Waals surface area contributed by atoms with E-state index in [2.05, 4.69) is 4.98 Å². The van der Waals surface area contributed by atoms with E-state index >= 15 is 0 Å². The van der Waals surface area contributed by atoms with Crippen LogP contribution in [-0.4, -0.2) is 18.4 Å². The number of nitrogens with zero attached hydrogens (tertiary/aromatic N) is 1. The Hall–Kier alpha value is -1.94. The van der Waals surface area contributed by atoms with Crippen LogP contribution in [0.15, 0.2) is 34.9 Å². The molecule has 82 valence electrons. The largest absolute Gasteiger partial charge is 0.434 e. The molecule has 0 aliphatic carbocycles. The van der Waals surface area contributed by atoms with Gasteiger partial charge in [0.15, 0.2) is 5.76 Å². The number of hydrogen-bond acceptors (Lipinski definition) is 4. The zero-order chi connectivity index (χ0) is 11.4. The molecule has 2 aromatic rings. The third-order valence-electron chi connectivity index (χ3n) is 2.17. The van der Waals surface area contributed by atoms with Crippen LogP contribution in [0.2, 0.25) is 0 Å². The summed E-state index contributed by atoms with van der Waals surface area (Å²) in [5, 5.41) is 0. The van der Waals surface area contributed by atoms with Crippen LogP contribution in [0.5, 0.6) is 0 Å². The lowest BCUT2D eigenvalue weighted by molar-refractivity contribution is 0.109. The Kier molecular flexibility index (Phi) is 3.12. The van der Waals surface area contributed by atoms with Crippen molar-refractivity contribution >= 4 is 6.29 Å². The zero-order valence-corrected chi connectivity index (χ0v) is 8.84. The van der Waals surface area contributed by atoms with Crippen LogP contribution in [0.1, 0.15) is 16.2 Å². The van der Waals surface area contributed by atoms with Crippen LogP contribution in [0.3, 0.4) is 0 Å². The molecule has 0 N–H and O–H groups in total. The van der Waals surface area contributed by atoms with Gasteiger partial charge in [0.2, 0.25) is 6.29 Å². The van der Waals surface area contributed by atoms with Crippen molar-refractivity contribution in [3.8, 4) is 11.3 Å². The first kappa shape index (κ1) is 10.6. The van der Waals surface area contributed by atoms with Gasteiger partial charge in [0.25, 0.3) is 5.89 Å². The Bertz CT molecular complexity index is 473. The van der Waals surface area contributed by atoms with Crippen molar-refractivity contribution in [2.24, 2.45) is 0 Å². The summed E-state index contributed by atoms with van der Waals surface area (Å²) in [5.41, 5.74) is 1.97. The summed E-state index contributed by atoms with van der Waals surface area (Å²) in [5.74, 6) is 0.682. The van der Waals surface area contributed by atoms with E-state index in [-0.39, 0.29) is 5.89 Å². The number of carbonyl (C=O) groups excluding carboxylic acids is 1. The molecule has 0 spiro atoms. The molecule has 1 aromatic heterocycles. The summed E-state index contributed by atoms with van der Waals surface area (Å²) in [6.45, 7) is 0.580. The molecule has 4 heteroatoms. The van der Waals surface area contributed by atoms with E-state index < -0.39 is 0 Å². The lowest BCUT2D eigenvalue weighted by Crippen LogP contribution is -1.86. The Labute approximate surface area is 92.9 Å². The van der Waals surface area contributed by atoms with Crippen molar-refractivity contribution in [1.82, 2.24) is 4.98 Å². The summed E-state index contributed by atoms with van der Waals surface area (Å²) in [4.78, 5) is 14.2. The molecular formula is C12H11NO3. The van der Waals surface area contributed by atoms with Crippen LogP contribution in [0, 0.1) is 0 Å². The van der Waals surface area contributed by atoms with Crippen molar-refractivity contribution < 1.29 is 13.9 Å². The van der Waals surface area contributed by atoms with Crippen molar-refractivity contribution in [3.63, 3.8) is 0 Å². The number of benzene rings is 1. The highest BCUT2D eigenvalue weighted by atomic mass is 16.5. The molecule has 1 aromatic carbocycles. The SMILES string of the molecule is COCc1ccc(-c2cnc(C=O)o2)cc1. The summed E-state index contributed by atoms with van der Waals surface area (Å²) in [6.07, 6.45) is 2.12. The minimum atomic E-state index is 0.0935. The first-order chi connectivity index (χ1) is 7.83. The van der Waals surface area contributed by atoms with Gasteiger partial charge in [-0.15, -0.1) is 0 Å². The summed E-state index contributed by atoms with van der Waals surface area (Å²) < 4.78 is 10.2. The number of ether oxygens (including phenoxy) is 1. The number of hydrogen-bond donors (Lipinski definition) is 0. The fourth-order valence-corrected chi connectivity index (χ4v) is 1.41. The zero-order valence-electron chi connectivity index (χ0n) is 8.84. The minimum absolute atomic E-state index is 0.0935. The molecular weight excluding hydrogens is 206 g/mol. The van der Waals surface area contributed by atoms with Crippen LogP contribution >= 0.6 is 0 Å². The number of oxazole rings is 1. The fraction of sp³-hybridized carbons (Fsp3) is 0.167. The molecule has 0 unspecified atom stereocenters. The molecule has 0 saturated heterocycles. The van der Waals surface area contributed by atoms with Crippen LogP contribution in [-0.2, 0) is 11.3 Å². The highest BCUT2D eigenvalue weighted by Gasteiger charge is 2.05. The smallest absolute Gasteiger partial charge is 0.260 e. The van der Waals surface area contributed by atoms with Crippen molar-refractivity contribution in [2.45, 2.75) is 6.61 Å². The molecule has 0 bridgehead atoms. The van der Waals surface area contributed by atoms with E-state index in [9.17, 15) is 4.79 Å². The molecule has 0 atom stereocenters. The first-order valence-electron chi connectivity index (χ1n) is 4.82. The van der Waals surface area contributed by atoms with Gasteiger partial charge in [-0.05, 0) is 5.56 Å². The predicted octanol–water partition coefficient (Wildman–Crippen LogP) is 2.30. The third kappa shape index (κ3) is 2.17. The van der Waals surface area contributed by atoms with Crippen LogP contribution < -0.4 is 0 Å². The summed E-state index contributed by atoms with van der Waals surface area (Å²) in [7, 11) is 1.65. The standard InChI is InChI=1S/C12H11NO3/c1-15-8-9-2-4-10(5-3-9)11-6-13-12(7-14)16-11/h2-7H,8H2,1H3. The van der Waals surface area contributed by atoms with Gasteiger partial charge in [0.1, 0.15) is 0 Å². The maximum atomic E-state index is 10.4. The monoisotopic (exact) mass is 217 g/mol. The lowest BCUT2D eigenvalue weighted by Gasteiger charge is -2.00. The Balaban J connectivity index is 2.23. The third-order valence-corrected chi connectivity index (χ3v) is 2.17. The normalized spacial score (nSPS) is 10.3. The number of carbonyl (C=O) groups is 1. The van der Waals surface area contributed by atoms with E-state index in [0.717, 1.165) is 11.1 Å². The van der Waals surface area contributed by atoms with E-state index in [1.807, 2.05) is 24.3 Å². The topological polar surface area (TPSA) is 52.3 Å². The predicted molar refractivity (Wildman–Crippen MR) is 58.0 cm³/mol. The van der Waals surface area contributed by atoms with Crippen molar-refractivity contribution in [2.75, 3.05) is 7.11 Å². The fourth-order valence-electron chi connectivity index (χ4n) is 1.41. The molecule has 2 rings (SSSR count). The lowest BCUT2D eigenvalue weighted by atomic mass is 10.1. The van der Waals surface area contributed by atoms with Crippen molar-refractivity contribution in [1.29, 1.82) is 0 Å². The average molecular weight is 217 g/mol. The second-order valence-electron chi connectivity index (χ2n) is 3.31. The molecule has 0 saturated carbocycles. The maximum Gasteiger partial charge on any atom is 0.260 e. The molecule has 1 heterocycles. The average Bonchev–Trinajstić information content (AvgIpc) is 2.79. The Morgan fingerprint density at radius 1 is 1.38 bits per heavy atom. The van der Waals surface area contributed by atoms with Crippen LogP contribution in [0.25, 0.3) is 11.3 Å². The highest BCUT2D eigenvalue weighted by molar-refractivity contribution is 5.69. The number of aromatic nitrogens is 1. The van der Waals surface area contributed by atoms with Crippen LogP contribution in [0.4, 0.5) is 0 Å². The molecule has 0 radical (unpaired) electrons. The number of methoxy groups -OCH3 is 1. The van der Waals surface area contributed by atoms with Gasteiger partial charge in [0, 0.05) is 12.7 Å². The second kappa shape index (κ2) is 4.72. The summed E-state index contributed by atoms with van der Waals surface area (Å²) >= 11 is 0. The Morgan fingerprint density at radius 3 is 2.69 bits per heavy atom. The molecule has 0 aliphatic heterocycles. The first-order valence-corrected chi connectivity index (χ1v) is 4.82. The van der Waals surface area contributed by atoms with Gasteiger partial charge in [-0.1, -0.05) is 24.3 Å². The number of aldehydes is 1. The molecule has 4 nitrogen and oxygen atoms in total. The van der Waals surface area contributed by atoms with Gasteiger partial charge in [-0.3, -0.25) is 4.79 Å². The quantitative estimate of drug-likeness (QED) is 0.737. The van der Waals surface area contributed by atoms with E-state index in [1.54, 1.807) is 7.11 Å². The van der Waals surface area contributed by atoms with Gasteiger partial charge < -0.3 is 9.15 Å². The van der Waals surface area contributed by atoms with Gasteiger partial charge in [0.05, 0.1) is 12.8 Å².